The number of carbonyl (C=O) groups is 1. The minimum Gasteiger partial charge on any atom is -0.481 e. The zero-order valence-electron chi connectivity index (χ0n) is 9.29. The molecule has 0 radical (unpaired) electrons. The van der Waals surface area contributed by atoms with Crippen LogP contribution >= 0.6 is 0 Å². The summed E-state index contributed by atoms with van der Waals surface area (Å²) in [5.74, 6) is -0.714. The van der Waals surface area contributed by atoms with Gasteiger partial charge in [-0.3, -0.25) is 4.79 Å². The molecule has 0 aliphatic heterocycles. The highest BCUT2D eigenvalue weighted by molar-refractivity contribution is 5.66. The zero-order chi connectivity index (χ0) is 10.8. The fourth-order valence-corrected chi connectivity index (χ4v) is 1.28. The predicted octanol–water partition coefficient (Wildman–Crippen LogP) is 2.84. The Labute approximate surface area is 86.5 Å². The van der Waals surface area contributed by atoms with Crippen molar-refractivity contribution in [3.05, 3.63) is 0 Å². The van der Waals surface area contributed by atoms with Crippen molar-refractivity contribution in [1.29, 1.82) is 0 Å². The van der Waals surface area contributed by atoms with E-state index < -0.39 is 5.97 Å². The maximum absolute atomic E-state index is 10.3. The molecule has 0 fully saturated rings. The number of rotatable bonds is 9. The highest BCUT2D eigenvalue weighted by atomic mass is 16.5. The standard InChI is InChI=1S/C11H22O3/c1-3-5-9-14-10(4-2)7-6-8-11(12)13/h10H,3-9H2,1-2H3,(H,12,13). The Balaban J connectivity index is 3.42. The average Bonchev–Trinajstić information content (AvgIpc) is 2.15. The molecular formula is C11H22O3. The molecule has 0 spiro atoms. The molecule has 3 nitrogen and oxygen atoms in total. The van der Waals surface area contributed by atoms with Crippen molar-refractivity contribution >= 4 is 5.97 Å². The van der Waals surface area contributed by atoms with Gasteiger partial charge in [-0.15, -0.1) is 0 Å². The quantitative estimate of drug-likeness (QED) is 0.585. The summed E-state index contributed by atoms with van der Waals surface area (Å²) in [6.45, 7) is 5.02. The maximum Gasteiger partial charge on any atom is 0.303 e. The Morgan fingerprint density at radius 1 is 1.36 bits per heavy atom. The van der Waals surface area contributed by atoms with Crippen molar-refractivity contribution in [2.45, 2.75) is 58.5 Å². The molecule has 0 aromatic heterocycles. The minimum absolute atomic E-state index is 0.251. The number of ether oxygens (including phenoxy) is 1. The monoisotopic (exact) mass is 202 g/mol. The van der Waals surface area contributed by atoms with Crippen molar-refractivity contribution in [2.75, 3.05) is 6.61 Å². The second-order valence-electron chi connectivity index (χ2n) is 3.54. The smallest absolute Gasteiger partial charge is 0.303 e. The van der Waals surface area contributed by atoms with Gasteiger partial charge in [-0.2, -0.15) is 0 Å². The van der Waals surface area contributed by atoms with Gasteiger partial charge >= 0.3 is 5.97 Å². The van der Waals surface area contributed by atoms with Crippen LogP contribution in [0.25, 0.3) is 0 Å². The first kappa shape index (κ1) is 13.4. The Bertz CT molecular complexity index is 145. The summed E-state index contributed by atoms with van der Waals surface area (Å²) in [5.41, 5.74) is 0. The third-order valence-corrected chi connectivity index (χ3v) is 2.22. The topological polar surface area (TPSA) is 46.5 Å². The van der Waals surface area contributed by atoms with E-state index in [1.165, 1.54) is 0 Å². The minimum atomic E-state index is -0.714. The van der Waals surface area contributed by atoms with Crippen LogP contribution in [0.3, 0.4) is 0 Å². The molecule has 0 aromatic rings. The van der Waals surface area contributed by atoms with Gasteiger partial charge in [0.05, 0.1) is 6.10 Å². The number of carboxylic acids is 1. The van der Waals surface area contributed by atoms with Crippen molar-refractivity contribution < 1.29 is 14.6 Å². The summed E-state index contributed by atoms with van der Waals surface area (Å²) in [7, 11) is 0. The summed E-state index contributed by atoms with van der Waals surface area (Å²) >= 11 is 0. The molecule has 0 aliphatic carbocycles. The second-order valence-corrected chi connectivity index (χ2v) is 3.54. The van der Waals surface area contributed by atoms with Crippen molar-refractivity contribution in [3.8, 4) is 0 Å². The molecule has 1 unspecified atom stereocenters. The van der Waals surface area contributed by atoms with E-state index in [4.69, 9.17) is 9.84 Å². The van der Waals surface area contributed by atoms with Crippen molar-refractivity contribution in [3.63, 3.8) is 0 Å². The van der Waals surface area contributed by atoms with Gasteiger partial charge in [0, 0.05) is 13.0 Å². The summed E-state index contributed by atoms with van der Waals surface area (Å²) in [6, 6.07) is 0. The second kappa shape index (κ2) is 9.00. The highest BCUT2D eigenvalue weighted by Gasteiger charge is 2.07. The molecule has 0 saturated heterocycles. The van der Waals surface area contributed by atoms with Crippen LogP contribution in [0.5, 0.6) is 0 Å². The van der Waals surface area contributed by atoms with Crippen LogP contribution in [-0.2, 0) is 9.53 Å². The van der Waals surface area contributed by atoms with Gasteiger partial charge < -0.3 is 9.84 Å². The molecule has 3 heteroatoms. The fraction of sp³-hybridized carbons (Fsp3) is 0.909. The predicted molar refractivity (Wildman–Crippen MR) is 56.4 cm³/mol. The van der Waals surface area contributed by atoms with Crippen LogP contribution in [0.2, 0.25) is 0 Å². The first-order valence-electron chi connectivity index (χ1n) is 5.54. The maximum atomic E-state index is 10.3. The van der Waals surface area contributed by atoms with Gasteiger partial charge in [-0.05, 0) is 25.7 Å². The van der Waals surface area contributed by atoms with Gasteiger partial charge in [0.1, 0.15) is 0 Å². The largest absolute Gasteiger partial charge is 0.481 e. The lowest BCUT2D eigenvalue weighted by Gasteiger charge is -2.15. The highest BCUT2D eigenvalue weighted by Crippen LogP contribution is 2.09. The Morgan fingerprint density at radius 2 is 2.07 bits per heavy atom. The number of hydrogen-bond donors (Lipinski definition) is 1. The molecular weight excluding hydrogens is 180 g/mol. The number of aliphatic carboxylic acids is 1. The molecule has 0 heterocycles. The molecule has 0 saturated carbocycles. The molecule has 14 heavy (non-hydrogen) atoms. The molecule has 1 N–H and O–H groups in total. The Morgan fingerprint density at radius 3 is 2.57 bits per heavy atom. The van der Waals surface area contributed by atoms with E-state index in [1.807, 2.05) is 0 Å². The molecule has 0 rings (SSSR count). The van der Waals surface area contributed by atoms with Gasteiger partial charge in [-0.25, -0.2) is 0 Å². The lowest BCUT2D eigenvalue weighted by atomic mass is 10.1. The molecule has 0 aromatic carbocycles. The number of hydrogen-bond acceptors (Lipinski definition) is 2. The van der Waals surface area contributed by atoms with Crippen LogP contribution in [0.15, 0.2) is 0 Å². The molecule has 1 atom stereocenters. The van der Waals surface area contributed by atoms with Crippen LogP contribution < -0.4 is 0 Å². The molecule has 0 aliphatic rings. The summed E-state index contributed by atoms with van der Waals surface area (Å²) in [5, 5.41) is 8.47. The first-order valence-corrected chi connectivity index (χ1v) is 5.54. The van der Waals surface area contributed by atoms with Gasteiger partial charge in [0.25, 0.3) is 0 Å². The van der Waals surface area contributed by atoms with Gasteiger partial charge in [0.15, 0.2) is 0 Å². The van der Waals surface area contributed by atoms with Crippen LogP contribution in [0.1, 0.15) is 52.4 Å². The van der Waals surface area contributed by atoms with E-state index in [1.54, 1.807) is 0 Å². The van der Waals surface area contributed by atoms with Crippen molar-refractivity contribution in [2.24, 2.45) is 0 Å². The van der Waals surface area contributed by atoms with Gasteiger partial charge in [0.2, 0.25) is 0 Å². The molecule has 0 bridgehead atoms. The van der Waals surface area contributed by atoms with E-state index in [0.717, 1.165) is 38.7 Å². The third-order valence-electron chi connectivity index (χ3n) is 2.22. The van der Waals surface area contributed by atoms with Crippen LogP contribution in [0.4, 0.5) is 0 Å². The lowest BCUT2D eigenvalue weighted by molar-refractivity contribution is -0.137. The zero-order valence-corrected chi connectivity index (χ0v) is 9.29. The van der Waals surface area contributed by atoms with Crippen LogP contribution in [-0.4, -0.2) is 23.8 Å². The van der Waals surface area contributed by atoms with E-state index in [-0.39, 0.29) is 12.5 Å². The molecule has 84 valence electrons. The first-order chi connectivity index (χ1) is 6.70. The third kappa shape index (κ3) is 8.05. The Kier molecular flexibility index (Phi) is 8.64. The number of carboxylic acid groups (broad SMARTS) is 1. The normalized spacial score (nSPS) is 12.7. The summed E-state index contributed by atoms with van der Waals surface area (Å²) < 4.78 is 5.62. The van der Waals surface area contributed by atoms with Crippen molar-refractivity contribution in [1.82, 2.24) is 0 Å². The fourth-order valence-electron chi connectivity index (χ4n) is 1.28. The van der Waals surface area contributed by atoms with Crippen LogP contribution in [0, 0.1) is 0 Å². The molecule has 0 amide bonds. The van der Waals surface area contributed by atoms with E-state index in [2.05, 4.69) is 13.8 Å². The SMILES string of the molecule is CCCCOC(CC)CCCC(=O)O. The lowest BCUT2D eigenvalue weighted by Crippen LogP contribution is -2.13. The average molecular weight is 202 g/mol. The van der Waals surface area contributed by atoms with E-state index >= 15 is 0 Å². The van der Waals surface area contributed by atoms with E-state index in [9.17, 15) is 4.79 Å². The van der Waals surface area contributed by atoms with E-state index in [0.29, 0.717) is 0 Å². The summed E-state index contributed by atoms with van der Waals surface area (Å²) in [6.07, 6.45) is 5.31. The number of unbranched alkanes of at least 4 members (excludes halogenated alkanes) is 1. The Hall–Kier alpha value is -0.570. The van der Waals surface area contributed by atoms with Gasteiger partial charge in [-0.1, -0.05) is 20.3 Å². The summed E-state index contributed by atoms with van der Waals surface area (Å²) in [4.78, 5) is 10.3.